The van der Waals surface area contributed by atoms with Gasteiger partial charge in [-0.25, -0.2) is 0 Å². The number of hydrogen-bond acceptors (Lipinski definition) is 3. The topological polar surface area (TPSA) is 29.1 Å². The van der Waals surface area contributed by atoms with Gasteiger partial charge in [0.15, 0.2) is 0 Å². The van der Waals surface area contributed by atoms with Crippen molar-refractivity contribution in [2.75, 3.05) is 5.32 Å². The lowest BCUT2D eigenvalue weighted by Crippen LogP contribution is -2.09. The van der Waals surface area contributed by atoms with E-state index in [-0.39, 0.29) is 22.6 Å². The van der Waals surface area contributed by atoms with E-state index in [2.05, 4.69) is 5.32 Å². The van der Waals surface area contributed by atoms with Gasteiger partial charge in [-0.3, -0.25) is 4.79 Å². The number of amides is 1. The van der Waals surface area contributed by atoms with Crippen LogP contribution in [0.1, 0.15) is 9.67 Å². The third-order valence-electron chi connectivity index (χ3n) is 2.09. The molecule has 2 aromatic rings. The highest BCUT2D eigenvalue weighted by molar-refractivity contribution is 8.00. The van der Waals surface area contributed by atoms with Crippen molar-refractivity contribution in [3.8, 4) is 0 Å². The monoisotopic (exact) mass is 303 g/mol. The van der Waals surface area contributed by atoms with Gasteiger partial charge in [-0.2, -0.15) is 13.2 Å². The number of rotatable bonds is 3. The zero-order chi connectivity index (χ0) is 13.9. The summed E-state index contributed by atoms with van der Waals surface area (Å²) in [5.74, 6) is -0.272. The lowest BCUT2D eigenvalue weighted by atomic mass is 10.3. The zero-order valence-electron chi connectivity index (χ0n) is 9.40. The molecule has 100 valence electrons. The first-order valence-electron chi connectivity index (χ1n) is 5.15. The minimum absolute atomic E-state index is 0.0848. The van der Waals surface area contributed by atoms with E-state index in [1.54, 1.807) is 17.5 Å². The Balaban J connectivity index is 2.01. The maximum Gasteiger partial charge on any atom is 0.446 e. The van der Waals surface area contributed by atoms with E-state index in [1.807, 2.05) is 0 Å². The predicted octanol–water partition coefficient (Wildman–Crippen LogP) is 4.61. The number of alkyl halides is 3. The van der Waals surface area contributed by atoms with Crippen molar-refractivity contribution >= 4 is 34.7 Å². The summed E-state index contributed by atoms with van der Waals surface area (Å²) >= 11 is 1.11. The van der Waals surface area contributed by atoms with E-state index in [0.29, 0.717) is 10.6 Å². The van der Waals surface area contributed by atoms with Gasteiger partial charge < -0.3 is 5.32 Å². The van der Waals surface area contributed by atoms with Crippen LogP contribution < -0.4 is 5.32 Å². The van der Waals surface area contributed by atoms with Crippen LogP contribution in [-0.4, -0.2) is 11.4 Å². The first-order valence-corrected chi connectivity index (χ1v) is 6.84. The van der Waals surface area contributed by atoms with Gasteiger partial charge in [-0.15, -0.1) is 11.3 Å². The Morgan fingerprint density at radius 1 is 1.16 bits per heavy atom. The van der Waals surface area contributed by atoms with Crippen LogP contribution in [0, 0.1) is 0 Å². The van der Waals surface area contributed by atoms with Crippen molar-refractivity contribution in [2.24, 2.45) is 0 Å². The first kappa shape index (κ1) is 14.0. The maximum absolute atomic E-state index is 12.1. The van der Waals surface area contributed by atoms with Crippen LogP contribution in [-0.2, 0) is 0 Å². The summed E-state index contributed by atoms with van der Waals surface area (Å²) in [5.41, 5.74) is -3.84. The van der Waals surface area contributed by atoms with Gasteiger partial charge in [0.05, 0.1) is 4.88 Å². The van der Waals surface area contributed by atoms with Crippen LogP contribution in [0.5, 0.6) is 0 Å². The molecule has 0 atom stereocenters. The van der Waals surface area contributed by atoms with Crippen molar-refractivity contribution in [3.05, 3.63) is 46.7 Å². The molecular weight excluding hydrogens is 295 g/mol. The van der Waals surface area contributed by atoms with Gasteiger partial charge in [0.2, 0.25) is 0 Å². The Kier molecular flexibility index (Phi) is 4.16. The second-order valence-corrected chi connectivity index (χ2v) is 5.59. The SMILES string of the molecule is O=C(Nc1ccc(SC(F)(F)F)cc1)c1cccs1. The molecule has 0 saturated heterocycles. The lowest BCUT2D eigenvalue weighted by molar-refractivity contribution is -0.0328. The second kappa shape index (κ2) is 5.66. The van der Waals surface area contributed by atoms with E-state index in [0.717, 1.165) is 0 Å². The number of thiophene rings is 1. The standard InChI is InChI=1S/C12H8F3NOS2/c13-12(14,15)19-9-5-3-8(4-6-9)16-11(17)10-2-1-7-18-10/h1-7H,(H,16,17). The second-order valence-electron chi connectivity index (χ2n) is 3.50. The minimum Gasteiger partial charge on any atom is -0.321 e. The largest absolute Gasteiger partial charge is 0.446 e. The summed E-state index contributed by atoms with van der Waals surface area (Å²) in [6.45, 7) is 0. The average Bonchev–Trinajstić information content (AvgIpc) is 2.83. The van der Waals surface area contributed by atoms with Crippen molar-refractivity contribution in [1.82, 2.24) is 0 Å². The number of carbonyl (C=O) groups excluding carboxylic acids is 1. The third kappa shape index (κ3) is 4.29. The molecule has 0 fully saturated rings. The molecule has 2 rings (SSSR count). The van der Waals surface area contributed by atoms with Crippen LogP contribution in [0.15, 0.2) is 46.7 Å². The molecule has 7 heteroatoms. The van der Waals surface area contributed by atoms with E-state index >= 15 is 0 Å². The summed E-state index contributed by atoms with van der Waals surface area (Å²) in [6.07, 6.45) is 0. The summed E-state index contributed by atoms with van der Waals surface area (Å²) in [4.78, 5) is 12.3. The van der Waals surface area contributed by atoms with Crippen molar-refractivity contribution in [2.45, 2.75) is 10.4 Å². The van der Waals surface area contributed by atoms with Crippen molar-refractivity contribution in [1.29, 1.82) is 0 Å². The van der Waals surface area contributed by atoms with Crippen LogP contribution in [0.2, 0.25) is 0 Å². The molecule has 2 nitrogen and oxygen atoms in total. The summed E-state index contributed by atoms with van der Waals surface area (Å²) < 4.78 is 36.4. The van der Waals surface area contributed by atoms with Gasteiger partial charge in [0, 0.05) is 10.6 Å². The van der Waals surface area contributed by atoms with Gasteiger partial charge >= 0.3 is 5.51 Å². The number of nitrogens with one attached hydrogen (secondary N) is 1. The van der Waals surface area contributed by atoms with Crippen LogP contribution in [0.4, 0.5) is 18.9 Å². The van der Waals surface area contributed by atoms with Crippen LogP contribution in [0.25, 0.3) is 0 Å². The molecule has 0 aliphatic carbocycles. The van der Waals surface area contributed by atoms with Crippen LogP contribution in [0.3, 0.4) is 0 Å². The fourth-order valence-corrected chi connectivity index (χ4v) is 2.50. The number of hydrogen-bond donors (Lipinski definition) is 1. The highest BCUT2D eigenvalue weighted by atomic mass is 32.2. The molecule has 0 radical (unpaired) electrons. The first-order chi connectivity index (χ1) is 8.94. The minimum atomic E-state index is -4.30. The Hall–Kier alpha value is -1.47. The molecule has 0 unspecified atom stereocenters. The fraction of sp³-hybridized carbons (Fsp3) is 0.0833. The maximum atomic E-state index is 12.1. The lowest BCUT2D eigenvalue weighted by Gasteiger charge is -2.07. The fourth-order valence-electron chi connectivity index (χ4n) is 1.34. The van der Waals surface area contributed by atoms with E-state index < -0.39 is 5.51 Å². The Bertz CT molecular complexity index is 549. The van der Waals surface area contributed by atoms with Gasteiger partial charge in [0.1, 0.15) is 0 Å². The molecular formula is C12H8F3NOS2. The molecule has 0 aliphatic rings. The summed E-state index contributed by atoms with van der Waals surface area (Å²) in [5, 5.41) is 4.39. The molecule has 1 N–H and O–H groups in total. The molecule has 1 aromatic heterocycles. The van der Waals surface area contributed by atoms with Crippen molar-refractivity contribution < 1.29 is 18.0 Å². The molecule has 0 saturated carbocycles. The molecule has 0 bridgehead atoms. The van der Waals surface area contributed by atoms with E-state index in [9.17, 15) is 18.0 Å². The molecule has 1 aromatic carbocycles. The number of carbonyl (C=O) groups is 1. The van der Waals surface area contributed by atoms with Gasteiger partial charge in [0.25, 0.3) is 5.91 Å². The Morgan fingerprint density at radius 3 is 2.37 bits per heavy atom. The van der Waals surface area contributed by atoms with Crippen molar-refractivity contribution in [3.63, 3.8) is 0 Å². The molecule has 0 spiro atoms. The van der Waals surface area contributed by atoms with Gasteiger partial charge in [-0.05, 0) is 47.5 Å². The smallest absolute Gasteiger partial charge is 0.321 e. The molecule has 1 amide bonds. The van der Waals surface area contributed by atoms with E-state index in [4.69, 9.17) is 0 Å². The van der Waals surface area contributed by atoms with Crippen LogP contribution >= 0.6 is 23.1 Å². The Morgan fingerprint density at radius 2 is 1.84 bits per heavy atom. The Labute approximate surface area is 115 Å². The molecule has 0 aliphatic heterocycles. The number of halogens is 3. The number of benzene rings is 1. The third-order valence-corrected chi connectivity index (χ3v) is 3.70. The van der Waals surface area contributed by atoms with Gasteiger partial charge in [-0.1, -0.05) is 6.07 Å². The van der Waals surface area contributed by atoms with E-state index in [1.165, 1.54) is 35.6 Å². The summed E-state index contributed by atoms with van der Waals surface area (Å²) in [6, 6.07) is 8.96. The quantitative estimate of drug-likeness (QED) is 0.839. The molecule has 19 heavy (non-hydrogen) atoms. The zero-order valence-corrected chi connectivity index (χ0v) is 11.0. The molecule has 1 heterocycles. The predicted molar refractivity (Wildman–Crippen MR) is 70.6 cm³/mol. The highest BCUT2D eigenvalue weighted by Gasteiger charge is 2.29. The normalized spacial score (nSPS) is 11.3. The summed E-state index contributed by atoms with van der Waals surface area (Å²) in [7, 11) is 0. The number of anilines is 1. The highest BCUT2D eigenvalue weighted by Crippen LogP contribution is 2.37. The number of thioether (sulfide) groups is 1. The average molecular weight is 303 g/mol.